The van der Waals surface area contributed by atoms with Gasteiger partial charge in [-0.2, -0.15) is 0 Å². The van der Waals surface area contributed by atoms with Gasteiger partial charge in [-0.15, -0.1) is 11.3 Å². The minimum Gasteiger partial charge on any atom is -0.503 e. The fourth-order valence-electron chi connectivity index (χ4n) is 4.11. The number of hydrogen-bond acceptors (Lipinski definition) is 6. The predicted octanol–water partition coefficient (Wildman–Crippen LogP) is 4.19. The van der Waals surface area contributed by atoms with Crippen LogP contribution in [0.3, 0.4) is 0 Å². The van der Waals surface area contributed by atoms with Crippen LogP contribution >= 0.6 is 11.3 Å². The molecule has 8 heteroatoms. The van der Waals surface area contributed by atoms with Gasteiger partial charge < -0.3 is 14.6 Å². The van der Waals surface area contributed by atoms with Gasteiger partial charge in [-0.1, -0.05) is 31.2 Å². The standard InChI is InChI=1S/C24H26N4O3S/c1-4-17-6-8-18(9-7-17)20-19(21(29)23-15(2)26-16(3)32-23)22(30)24(31)28(20)12-5-11-27-13-10-25-14-27/h6-10,13-14,20,30H,4-5,11-12H2,1-3H3. The van der Waals surface area contributed by atoms with E-state index in [9.17, 15) is 14.7 Å². The van der Waals surface area contributed by atoms with Crippen LogP contribution in [-0.4, -0.2) is 42.8 Å². The summed E-state index contributed by atoms with van der Waals surface area (Å²) < 4.78 is 1.94. The molecule has 1 unspecified atom stereocenters. The molecule has 1 aliphatic rings. The maximum absolute atomic E-state index is 13.5. The molecule has 0 radical (unpaired) electrons. The first-order valence-corrected chi connectivity index (χ1v) is 11.5. The van der Waals surface area contributed by atoms with E-state index in [4.69, 9.17) is 0 Å². The van der Waals surface area contributed by atoms with E-state index in [1.807, 2.05) is 42.0 Å². The zero-order chi connectivity index (χ0) is 22.8. The van der Waals surface area contributed by atoms with Crippen molar-refractivity contribution in [3.05, 3.63) is 81.0 Å². The van der Waals surface area contributed by atoms with Crippen LogP contribution in [-0.2, 0) is 17.8 Å². The zero-order valence-electron chi connectivity index (χ0n) is 18.4. The summed E-state index contributed by atoms with van der Waals surface area (Å²) in [4.78, 5) is 37.0. The van der Waals surface area contributed by atoms with Crippen molar-refractivity contribution in [1.82, 2.24) is 19.4 Å². The van der Waals surface area contributed by atoms with E-state index in [0.29, 0.717) is 30.1 Å². The minimum atomic E-state index is -0.634. The van der Waals surface area contributed by atoms with Gasteiger partial charge in [-0.3, -0.25) is 9.59 Å². The number of carbonyl (C=O) groups excluding carboxylic acids is 2. The Kier molecular flexibility index (Phi) is 6.23. The Morgan fingerprint density at radius 1 is 1.19 bits per heavy atom. The molecule has 2 aromatic heterocycles. The predicted molar refractivity (Wildman–Crippen MR) is 123 cm³/mol. The number of benzene rings is 1. The largest absolute Gasteiger partial charge is 0.503 e. The number of ketones is 1. The van der Waals surface area contributed by atoms with Crippen LogP contribution in [0.1, 0.15) is 50.9 Å². The number of rotatable bonds is 8. The number of Topliss-reactive ketones (excluding diaryl/α,β-unsaturated/α-hetero) is 1. The van der Waals surface area contributed by atoms with E-state index in [1.54, 1.807) is 24.3 Å². The summed E-state index contributed by atoms with van der Waals surface area (Å²) in [5, 5.41) is 11.6. The van der Waals surface area contributed by atoms with Crippen molar-refractivity contribution >= 4 is 23.0 Å². The Morgan fingerprint density at radius 2 is 1.94 bits per heavy atom. The van der Waals surface area contributed by atoms with Gasteiger partial charge >= 0.3 is 0 Å². The van der Waals surface area contributed by atoms with E-state index in [1.165, 1.54) is 16.9 Å². The smallest absolute Gasteiger partial charge is 0.290 e. The zero-order valence-corrected chi connectivity index (χ0v) is 19.2. The fourth-order valence-corrected chi connectivity index (χ4v) is 4.98. The number of aliphatic hydroxyl groups excluding tert-OH is 1. The molecule has 0 bridgehead atoms. The Morgan fingerprint density at radius 3 is 2.53 bits per heavy atom. The van der Waals surface area contributed by atoms with Crippen LogP contribution in [0.25, 0.3) is 0 Å². The highest BCUT2D eigenvalue weighted by Gasteiger charge is 2.44. The third-order valence-electron chi connectivity index (χ3n) is 5.74. The van der Waals surface area contributed by atoms with Gasteiger partial charge in [0.25, 0.3) is 5.91 Å². The SMILES string of the molecule is CCc1ccc(C2C(C(=O)c3sc(C)nc3C)=C(O)C(=O)N2CCCn2ccnc2)cc1. The summed E-state index contributed by atoms with van der Waals surface area (Å²) in [6.45, 7) is 6.78. The fraction of sp³-hybridized carbons (Fsp3) is 0.333. The van der Waals surface area contributed by atoms with E-state index in [0.717, 1.165) is 17.0 Å². The minimum absolute atomic E-state index is 0.133. The quantitative estimate of drug-likeness (QED) is 0.520. The lowest BCUT2D eigenvalue weighted by Gasteiger charge is -2.27. The van der Waals surface area contributed by atoms with Crippen molar-refractivity contribution in [2.75, 3.05) is 6.54 Å². The number of aryl methyl sites for hydroxylation is 4. The molecule has 0 saturated heterocycles. The molecule has 3 aromatic rings. The molecule has 0 fully saturated rings. The number of aliphatic hydroxyl groups is 1. The molecule has 1 aromatic carbocycles. The molecule has 1 amide bonds. The number of aromatic nitrogens is 3. The molecule has 7 nitrogen and oxygen atoms in total. The van der Waals surface area contributed by atoms with Crippen molar-refractivity contribution in [3.63, 3.8) is 0 Å². The molecule has 3 heterocycles. The molecule has 0 saturated carbocycles. The molecular weight excluding hydrogens is 424 g/mol. The van der Waals surface area contributed by atoms with E-state index in [2.05, 4.69) is 16.9 Å². The van der Waals surface area contributed by atoms with Gasteiger partial charge in [0.2, 0.25) is 5.78 Å². The van der Waals surface area contributed by atoms with Gasteiger partial charge in [-0.25, -0.2) is 9.97 Å². The molecule has 0 spiro atoms. The number of amides is 1. The molecule has 166 valence electrons. The Hall–Kier alpha value is -3.26. The summed E-state index contributed by atoms with van der Waals surface area (Å²) in [6.07, 6.45) is 6.87. The highest BCUT2D eigenvalue weighted by Crippen LogP contribution is 2.40. The van der Waals surface area contributed by atoms with Crippen LogP contribution in [0.4, 0.5) is 0 Å². The lowest BCUT2D eigenvalue weighted by atomic mass is 9.94. The summed E-state index contributed by atoms with van der Waals surface area (Å²) in [5.41, 5.74) is 2.72. The van der Waals surface area contributed by atoms with Crippen LogP contribution < -0.4 is 0 Å². The molecule has 1 N–H and O–H groups in total. The Labute approximate surface area is 191 Å². The van der Waals surface area contributed by atoms with Gasteiger partial charge in [-0.05, 0) is 37.8 Å². The average Bonchev–Trinajstić information content (AvgIpc) is 3.48. The van der Waals surface area contributed by atoms with Crippen molar-refractivity contribution in [2.24, 2.45) is 0 Å². The van der Waals surface area contributed by atoms with E-state index >= 15 is 0 Å². The maximum atomic E-state index is 13.5. The third-order valence-corrected chi connectivity index (χ3v) is 6.81. The summed E-state index contributed by atoms with van der Waals surface area (Å²) in [7, 11) is 0. The first-order chi connectivity index (χ1) is 15.4. The lowest BCUT2D eigenvalue weighted by molar-refractivity contribution is -0.129. The monoisotopic (exact) mass is 450 g/mol. The number of imidazole rings is 1. The third kappa shape index (κ3) is 4.10. The van der Waals surface area contributed by atoms with Crippen molar-refractivity contribution < 1.29 is 14.7 Å². The summed E-state index contributed by atoms with van der Waals surface area (Å²) >= 11 is 1.29. The second-order valence-electron chi connectivity index (χ2n) is 7.89. The molecule has 32 heavy (non-hydrogen) atoms. The maximum Gasteiger partial charge on any atom is 0.290 e. The average molecular weight is 451 g/mol. The van der Waals surface area contributed by atoms with Crippen molar-refractivity contribution in [3.8, 4) is 0 Å². The summed E-state index contributed by atoms with van der Waals surface area (Å²) in [6, 6.07) is 7.25. The Balaban J connectivity index is 1.69. The van der Waals surface area contributed by atoms with Crippen LogP contribution in [0.15, 0.2) is 54.3 Å². The van der Waals surface area contributed by atoms with Crippen LogP contribution in [0, 0.1) is 13.8 Å². The van der Waals surface area contributed by atoms with Crippen molar-refractivity contribution in [2.45, 2.75) is 46.2 Å². The second-order valence-corrected chi connectivity index (χ2v) is 9.09. The molecule has 4 rings (SSSR count). The van der Waals surface area contributed by atoms with Gasteiger partial charge in [0.15, 0.2) is 5.76 Å². The number of carbonyl (C=O) groups is 2. The van der Waals surface area contributed by atoms with Crippen LogP contribution in [0.2, 0.25) is 0 Å². The number of nitrogens with zero attached hydrogens (tertiary/aromatic N) is 4. The normalized spacial score (nSPS) is 16.3. The van der Waals surface area contributed by atoms with Gasteiger partial charge in [0.1, 0.15) is 0 Å². The van der Waals surface area contributed by atoms with E-state index < -0.39 is 17.7 Å². The molecular formula is C24H26N4O3S. The van der Waals surface area contributed by atoms with Gasteiger partial charge in [0, 0.05) is 25.5 Å². The molecule has 1 atom stereocenters. The van der Waals surface area contributed by atoms with Crippen LogP contribution in [0.5, 0.6) is 0 Å². The molecule has 1 aliphatic heterocycles. The number of hydrogen-bond donors (Lipinski definition) is 1. The second kappa shape index (κ2) is 9.08. The first-order valence-electron chi connectivity index (χ1n) is 10.7. The Bertz CT molecular complexity index is 1160. The van der Waals surface area contributed by atoms with E-state index in [-0.39, 0.29) is 11.4 Å². The number of thiazole rings is 1. The lowest BCUT2D eigenvalue weighted by Crippen LogP contribution is -2.32. The first kappa shape index (κ1) is 22.0. The highest BCUT2D eigenvalue weighted by atomic mass is 32.1. The van der Waals surface area contributed by atoms with Gasteiger partial charge in [0.05, 0.1) is 33.5 Å². The highest BCUT2D eigenvalue weighted by molar-refractivity contribution is 7.14. The topological polar surface area (TPSA) is 88.3 Å². The molecule has 0 aliphatic carbocycles. The summed E-state index contributed by atoms with van der Waals surface area (Å²) in [5.74, 6) is -1.31. The van der Waals surface area contributed by atoms with Crippen molar-refractivity contribution in [1.29, 1.82) is 0 Å².